The first-order valence-corrected chi connectivity index (χ1v) is 10.6. The van der Waals surface area contributed by atoms with Crippen LogP contribution in [0.5, 0.6) is 0 Å². The molecule has 2 heterocycles. The van der Waals surface area contributed by atoms with E-state index in [0.29, 0.717) is 23.7 Å². The molecule has 0 unspecified atom stereocenters. The SMILES string of the molecule is CC(=O)NCc1ccc(-c2csc(NC(=O)[C@]3(C)Cc4ccccc4C(=O)O3)n2)cc1. The Morgan fingerprint density at radius 1 is 1.16 bits per heavy atom. The third-order valence-corrected chi connectivity index (χ3v) is 5.84. The monoisotopic (exact) mass is 435 g/mol. The summed E-state index contributed by atoms with van der Waals surface area (Å²) in [6.07, 6.45) is 0.300. The highest BCUT2D eigenvalue weighted by Crippen LogP contribution is 2.31. The zero-order valence-corrected chi connectivity index (χ0v) is 17.9. The van der Waals surface area contributed by atoms with E-state index < -0.39 is 17.5 Å². The predicted molar refractivity (Wildman–Crippen MR) is 118 cm³/mol. The molecule has 31 heavy (non-hydrogen) atoms. The summed E-state index contributed by atoms with van der Waals surface area (Å²) in [4.78, 5) is 40.7. The number of amides is 2. The molecule has 1 aliphatic heterocycles. The maximum Gasteiger partial charge on any atom is 0.339 e. The van der Waals surface area contributed by atoms with Crippen LogP contribution in [0, 0.1) is 0 Å². The van der Waals surface area contributed by atoms with E-state index in [-0.39, 0.29) is 5.91 Å². The molecule has 1 atom stereocenters. The molecule has 7 nitrogen and oxygen atoms in total. The lowest BCUT2D eigenvalue weighted by Gasteiger charge is -2.32. The summed E-state index contributed by atoms with van der Waals surface area (Å²) >= 11 is 1.30. The molecule has 0 saturated carbocycles. The van der Waals surface area contributed by atoms with Gasteiger partial charge in [0.05, 0.1) is 11.3 Å². The number of rotatable bonds is 5. The van der Waals surface area contributed by atoms with Crippen molar-refractivity contribution in [1.82, 2.24) is 10.3 Å². The Bertz CT molecular complexity index is 1160. The number of hydrogen-bond donors (Lipinski definition) is 2. The number of fused-ring (bicyclic) bond motifs is 1. The molecule has 0 aliphatic carbocycles. The maximum absolute atomic E-state index is 12.9. The zero-order valence-electron chi connectivity index (χ0n) is 17.1. The van der Waals surface area contributed by atoms with Gasteiger partial charge in [0.25, 0.3) is 5.91 Å². The van der Waals surface area contributed by atoms with Crippen molar-refractivity contribution in [2.45, 2.75) is 32.4 Å². The number of cyclic esters (lactones) is 1. The topological polar surface area (TPSA) is 97.4 Å². The lowest BCUT2D eigenvalue weighted by Crippen LogP contribution is -2.48. The summed E-state index contributed by atoms with van der Waals surface area (Å²) in [5, 5.41) is 7.82. The van der Waals surface area contributed by atoms with Crippen LogP contribution in [0.25, 0.3) is 11.3 Å². The Kier molecular flexibility index (Phi) is 5.56. The van der Waals surface area contributed by atoms with Gasteiger partial charge >= 0.3 is 5.97 Å². The molecule has 8 heteroatoms. The maximum atomic E-state index is 12.9. The number of esters is 1. The van der Waals surface area contributed by atoms with E-state index in [1.54, 1.807) is 19.1 Å². The average molecular weight is 436 g/mol. The van der Waals surface area contributed by atoms with Crippen molar-refractivity contribution in [1.29, 1.82) is 0 Å². The number of hydrogen-bond acceptors (Lipinski definition) is 6. The van der Waals surface area contributed by atoms with E-state index in [9.17, 15) is 14.4 Å². The number of ether oxygens (including phenoxy) is 1. The number of thiazole rings is 1. The molecule has 2 amide bonds. The van der Waals surface area contributed by atoms with Crippen molar-refractivity contribution in [3.05, 3.63) is 70.6 Å². The molecule has 0 radical (unpaired) electrons. The van der Waals surface area contributed by atoms with Crippen molar-refractivity contribution in [3.8, 4) is 11.3 Å². The first kappa shape index (κ1) is 20.7. The Balaban J connectivity index is 1.45. The molecule has 1 aliphatic rings. The highest BCUT2D eigenvalue weighted by Gasteiger charge is 2.42. The Morgan fingerprint density at radius 3 is 2.65 bits per heavy atom. The van der Waals surface area contributed by atoms with Gasteiger partial charge in [0.2, 0.25) is 5.91 Å². The minimum absolute atomic E-state index is 0.0789. The molecule has 0 saturated heterocycles. The van der Waals surface area contributed by atoms with E-state index >= 15 is 0 Å². The summed E-state index contributed by atoms with van der Waals surface area (Å²) in [5.74, 6) is -0.995. The highest BCUT2D eigenvalue weighted by atomic mass is 32.1. The fourth-order valence-electron chi connectivity index (χ4n) is 3.37. The van der Waals surface area contributed by atoms with E-state index in [1.807, 2.05) is 41.8 Å². The van der Waals surface area contributed by atoms with Gasteiger partial charge < -0.3 is 10.1 Å². The normalized spacial score (nSPS) is 17.4. The molecule has 0 fully saturated rings. The molecule has 158 valence electrons. The number of anilines is 1. The van der Waals surface area contributed by atoms with Crippen LogP contribution in [-0.4, -0.2) is 28.4 Å². The number of benzene rings is 2. The van der Waals surface area contributed by atoms with Crippen LogP contribution in [0.4, 0.5) is 5.13 Å². The van der Waals surface area contributed by atoms with Gasteiger partial charge in [0.15, 0.2) is 10.7 Å². The second-order valence-electron chi connectivity index (χ2n) is 7.55. The Morgan fingerprint density at radius 2 is 1.90 bits per heavy atom. The van der Waals surface area contributed by atoms with Crippen LogP contribution in [0.3, 0.4) is 0 Å². The van der Waals surface area contributed by atoms with Gasteiger partial charge in [-0.3, -0.25) is 14.9 Å². The van der Waals surface area contributed by atoms with Crippen molar-refractivity contribution in [3.63, 3.8) is 0 Å². The van der Waals surface area contributed by atoms with Crippen molar-refractivity contribution < 1.29 is 19.1 Å². The number of carbonyl (C=O) groups is 3. The van der Waals surface area contributed by atoms with Crippen LogP contribution in [-0.2, 0) is 27.3 Å². The molecule has 4 rings (SSSR count). The third kappa shape index (κ3) is 4.49. The van der Waals surface area contributed by atoms with Gasteiger partial charge in [-0.05, 0) is 24.1 Å². The van der Waals surface area contributed by atoms with E-state index in [1.165, 1.54) is 18.3 Å². The number of carbonyl (C=O) groups excluding carboxylic acids is 3. The van der Waals surface area contributed by atoms with Gasteiger partial charge in [-0.1, -0.05) is 42.5 Å². The van der Waals surface area contributed by atoms with Crippen LogP contribution in [0.1, 0.15) is 35.3 Å². The lowest BCUT2D eigenvalue weighted by atomic mass is 9.89. The smallest absolute Gasteiger partial charge is 0.339 e. The molecular formula is C23H21N3O4S. The van der Waals surface area contributed by atoms with Crippen LogP contribution >= 0.6 is 11.3 Å². The summed E-state index contributed by atoms with van der Waals surface area (Å²) in [5.41, 5.74) is 2.58. The fourth-order valence-corrected chi connectivity index (χ4v) is 4.09. The van der Waals surface area contributed by atoms with Gasteiger partial charge in [0.1, 0.15) is 0 Å². The number of nitrogens with zero attached hydrogens (tertiary/aromatic N) is 1. The first-order chi connectivity index (χ1) is 14.8. The quantitative estimate of drug-likeness (QED) is 0.598. The highest BCUT2D eigenvalue weighted by molar-refractivity contribution is 7.14. The minimum Gasteiger partial charge on any atom is -0.445 e. The zero-order chi connectivity index (χ0) is 22.0. The molecule has 2 aromatic carbocycles. The number of aromatic nitrogens is 1. The fraction of sp³-hybridized carbons (Fsp3) is 0.217. The molecule has 1 aromatic heterocycles. The van der Waals surface area contributed by atoms with E-state index in [4.69, 9.17) is 4.74 Å². The van der Waals surface area contributed by atoms with Crippen molar-refractivity contribution >= 4 is 34.3 Å². The molecule has 0 spiro atoms. The summed E-state index contributed by atoms with van der Waals surface area (Å²) in [6.45, 7) is 3.56. The standard InChI is InChI=1S/C23H21N3O4S/c1-14(27)24-12-15-7-9-16(10-8-15)19-13-31-22(25-19)26-21(29)23(2)11-17-5-3-4-6-18(17)20(28)30-23/h3-10,13H,11-12H2,1-2H3,(H,24,27)(H,25,26,29)/t23-/m0/s1. The Labute approximate surface area is 183 Å². The third-order valence-electron chi connectivity index (χ3n) is 5.08. The van der Waals surface area contributed by atoms with Gasteiger partial charge in [-0.2, -0.15) is 0 Å². The van der Waals surface area contributed by atoms with Crippen molar-refractivity contribution in [2.75, 3.05) is 5.32 Å². The summed E-state index contributed by atoms with van der Waals surface area (Å²) < 4.78 is 5.47. The first-order valence-electron chi connectivity index (χ1n) is 9.76. The molecular weight excluding hydrogens is 414 g/mol. The van der Waals surface area contributed by atoms with E-state index in [0.717, 1.165) is 22.4 Å². The summed E-state index contributed by atoms with van der Waals surface area (Å²) in [6, 6.07) is 14.8. The van der Waals surface area contributed by atoms with Gasteiger partial charge in [-0.25, -0.2) is 9.78 Å². The summed E-state index contributed by atoms with van der Waals surface area (Å²) in [7, 11) is 0. The molecule has 2 N–H and O–H groups in total. The lowest BCUT2D eigenvalue weighted by molar-refractivity contribution is -0.134. The molecule has 3 aromatic rings. The second kappa shape index (κ2) is 8.31. The largest absolute Gasteiger partial charge is 0.445 e. The van der Waals surface area contributed by atoms with Crippen molar-refractivity contribution in [2.24, 2.45) is 0 Å². The minimum atomic E-state index is -1.30. The van der Waals surface area contributed by atoms with Crippen LogP contribution in [0.15, 0.2) is 53.9 Å². The Hall–Kier alpha value is -3.52. The van der Waals surface area contributed by atoms with Gasteiger partial charge in [-0.15, -0.1) is 11.3 Å². The predicted octanol–water partition coefficient (Wildman–Crippen LogP) is 3.56. The van der Waals surface area contributed by atoms with Crippen LogP contribution in [0.2, 0.25) is 0 Å². The molecule has 0 bridgehead atoms. The van der Waals surface area contributed by atoms with Gasteiger partial charge in [0, 0.05) is 30.8 Å². The number of nitrogens with one attached hydrogen (secondary N) is 2. The van der Waals surface area contributed by atoms with E-state index in [2.05, 4.69) is 15.6 Å². The second-order valence-corrected chi connectivity index (χ2v) is 8.41. The average Bonchev–Trinajstić information content (AvgIpc) is 3.21. The van der Waals surface area contributed by atoms with Crippen LogP contribution < -0.4 is 10.6 Å².